The zero-order chi connectivity index (χ0) is 25.7. The van der Waals surface area contributed by atoms with E-state index in [1.54, 1.807) is 34.1 Å². The van der Waals surface area contributed by atoms with Gasteiger partial charge in [-0.3, -0.25) is 9.69 Å². The highest BCUT2D eigenvalue weighted by Crippen LogP contribution is 2.28. The molecule has 2 aliphatic rings. The summed E-state index contributed by atoms with van der Waals surface area (Å²) >= 11 is 0. The predicted octanol–water partition coefficient (Wildman–Crippen LogP) is 2.37. The minimum atomic E-state index is -3.24. The average molecular weight is 514 g/mol. The van der Waals surface area contributed by atoms with Crippen molar-refractivity contribution in [3.63, 3.8) is 0 Å². The summed E-state index contributed by atoms with van der Waals surface area (Å²) in [4.78, 5) is 28.8. The Morgan fingerprint density at radius 1 is 1.06 bits per heavy atom. The highest BCUT2D eigenvalue weighted by molar-refractivity contribution is 7.88. The van der Waals surface area contributed by atoms with Crippen LogP contribution in [0.2, 0.25) is 0 Å². The van der Waals surface area contributed by atoms with Crippen LogP contribution in [-0.2, 0) is 21.3 Å². The Bertz CT molecular complexity index is 1240. The van der Waals surface area contributed by atoms with Gasteiger partial charge >= 0.3 is 6.03 Å². The van der Waals surface area contributed by atoms with E-state index in [0.29, 0.717) is 57.9 Å². The number of amides is 2. The first-order valence-corrected chi connectivity index (χ1v) is 13.7. The van der Waals surface area contributed by atoms with Crippen LogP contribution in [-0.4, -0.2) is 86.8 Å². The molecule has 2 heterocycles. The highest BCUT2D eigenvalue weighted by Gasteiger charge is 2.26. The fourth-order valence-corrected chi connectivity index (χ4v) is 5.12. The lowest BCUT2D eigenvalue weighted by Gasteiger charge is -2.33. The number of ketones is 1. The molecule has 2 aromatic rings. The van der Waals surface area contributed by atoms with Gasteiger partial charge < -0.3 is 14.7 Å². The molecule has 2 aliphatic heterocycles. The minimum absolute atomic E-state index is 0.133. The maximum Gasteiger partial charge on any atom is 0.324 e. The number of ether oxygens (including phenoxy) is 1. The molecule has 192 valence electrons. The number of Topliss-reactive ketones (excluding diaryl/α,β-unsaturated/α-hetero) is 1. The molecule has 4 rings (SSSR count). The molecular formula is C26H31N3O6S. The van der Waals surface area contributed by atoms with Crippen molar-refractivity contribution in [3.05, 3.63) is 71.3 Å². The number of aliphatic hydroxyl groups excluding tert-OH is 1. The van der Waals surface area contributed by atoms with Crippen molar-refractivity contribution in [2.75, 3.05) is 57.2 Å². The van der Waals surface area contributed by atoms with Gasteiger partial charge in [-0.15, -0.1) is 0 Å². The molecule has 0 aliphatic carbocycles. The second-order valence-corrected chi connectivity index (χ2v) is 10.9. The third-order valence-corrected chi connectivity index (χ3v) is 7.71. The maximum absolute atomic E-state index is 13.6. The molecular weight excluding hydrogens is 482 g/mol. The molecule has 1 fully saturated rings. The van der Waals surface area contributed by atoms with Crippen LogP contribution >= 0.6 is 0 Å². The first kappa shape index (κ1) is 26.0. The molecule has 1 N–H and O–H groups in total. The van der Waals surface area contributed by atoms with Crippen LogP contribution in [0.5, 0.6) is 0 Å². The van der Waals surface area contributed by atoms with Gasteiger partial charge in [0.25, 0.3) is 0 Å². The molecule has 2 amide bonds. The van der Waals surface area contributed by atoms with Crippen molar-refractivity contribution < 1.29 is 27.9 Å². The van der Waals surface area contributed by atoms with E-state index in [0.717, 1.165) is 22.4 Å². The molecule has 0 radical (unpaired) electrons. The van der Waals surface area contributed by atoms with Gasteiger partial charge in [-0.05, 0) is 35.3 Å². The molecule has 0 unspecified atom stereocenters. The van der Waals surface area contributed by atoms with Crippen molar-refractivity contribution in [3.8, 4) is 0 Å². The molecule has 2 aromatic carbocycles. The minimum Gasteiger partial charge on any atom is -0.388 e. The van der Waals surface area contributed by atoms with Crippen molar-refractivity contribution in [1.82, 2.24) is 9.21 Å². The van der Waals surface area contributed by atoms with Gasteiger partial charge in [0.05, 0.1) is 26.0 Å². The van der Waals surface area contributed by atoms with E-state index < -0.39 is 16.6 Å². The van der Waals surface area contributed by atoms with Crippen LogP contribution in [0, 0.1) is 0 Å². The van der Waals surface area contributed by atoms with E-state index in [2.05, 4.69) is 0 Å². The molecule has 36 heavy (non-hydrogen) atoms. The Balaban J connectivity index is 1.61. The van der Waals surface area contributed by atoms with Crippen molar-refractivity contribution in [2.24, 2.45) is 0 Å². The number of urea groups is 1. The third kappa shape index (κ3) is 6.19. The quantitative estimate of drug-likeness (QED) is 0.570. The van der Waals surface area contributed by atoms with E-state index in [1.165, 1.54) is 10.6 Å². The summed E-state index contributed by atoms with van der Waals surface area (Å²) in [5.74, 6) is -0.356. The van der Waals surface area contributed by atoms with Crippen molar-refractivity contribution in [2.45, 2.75) is 13.0 Å². The number of carbonyl (C=O) groups is 2. The average Bonchev–Trinajstić information content (AvgIpc) is 2.91. The van der Waals surface area contributed by atoms with Crippen LogP contribution in [0.1, 0.15) is 27.9 Å². The van der Waals surface area contributed by atoms with Gasteiger partial charge in [0.1, 0.15) is 6.61 Å². The normalized spacial score (nSPS) is 16.9. The fraction of sp³-hybridized carbons (Fsp3) is 0.385. The first-order valence-electron chi connectivity index (χ1n) is 11.9. The Hall–Kier alpha value is -3.05. The Morgan fingerprint density at radius 2 is 1.78 bits per heavy atom. The molecule has 9 nitrogen and oxygen atoms in total. The number of sulfonamides is 1. The number of hydrogen-bond donors (Lipinski definition) is 1. The number of carbonyl (C=O) groups excluding carboxylic acids is 2. The molecule has 0 spiro atoms. The van der Waals surface area contributed by atoms with E-state index in [4.69, 9.17) is 9.84 Å². The first-order chi connectivity index (χ1) is 17.3. The zero-order valence-corrected chi connectivity index (χ0v) is 21.1. The predicted molar refractivity (Wildman–Crippen MR) is 137 cm³/mol. The van der Waals surface area contributed by atoms with Gasteiger partial charge in [0.15, 0.2) is 5.78 Å². The van der Waals surface area contributed by atoms with Crippen LogP contribution in [0.25, 0.3) is 5.57 Å². The van der Waals surface area contributed by atoms with E-state index >= 15 is 0 Å². The molecule has 0 saturated carbocycles. The summed E-state index contributed by atoms with van der Waals surface area (Å²) < 4.78 is 30.6. The van der Waals surface area contributed by atoms with Gasteiger partial charge in [-0.2, -0.15) is 4.31 Å². The largest absolute Gasteiger partial charge is 0.388 e. The highest BCUT2D eigenvalue weighted by atomic mass is 32.2. The third-order valence-electron chi connectivity index (χ3n) is 6.44. The number of nitrogens with zero attached hydrogens (tertiary/aromatic N) is 3. The smallest absolute Gasteiger partial charge is 0.324 e. The number of morpholine rings is 1. The lowest BCUT2D eigenvalue weighted by Crippen LogP contribution is -2.48. The van der Waals surface area contributed by atoms with Gasteiger partial charge in [0.2, 0.25) is 10.0 Å². The SMILES string of the molecule is CS(=O)(=O)N1CC=C(c2cccc(N(Cc3ccc(C(=O)CO)cc3)C(=O)N3CCOCC3)c2)CC1. The number of anilines is 1. The van der Waals surface area contributed by atoms with Crippen LogP contribution in [0.15, 0.2) is 54.6 Å². The molecule has 0 atom stereocenters. The zero-order valence-electron chi connectivity index (χ0n) is 20.3. The topological polar surface area (TPSA) is 107 Å². The van der Waals surface area contributed by atoms with E-state index in [-0.39, 0.29) is 11.8 Å². The van der Waals surface area contributed by atoms with Gasteiger partial charge in [-0.25, -0.2) is 13.2 Å². The lowest BCUT2D eigenvalue weighted by atomic mass is 9.99. The molecule has 1 saturated heterocycles. The maximum atomic E-state index is 13.6. The number of aliphatic hydroxyl groups is 1. The summed E-state index contributed by atoms with van der Waals surface area (Å²) in [5, 5.41) is 9.10. The Kier molecular flexibility index (Phi) is 8.20. The van der Waals surface area contributed by atoms with Crippen LogP contribution in [0.4, 0.5) is 10.5 Å². The summed E-state index contributed by atoms with van der Waals surface area (Å²) in [6.45, 7) is 2.48. The van der Waals surface area contributed by atoms with Crippen molar-refractivity contribution >= 4 is 33.1 Å². The second-order valence-electron chi connectivity index (χ2n) is 8.90. The lowest BCUT2D eigenvalue weighted by molar-refractivity contribution is 0.0548. The summed E-state index contributed by atoms with van der Waals surface area (Å²) in [6, 6.07) is 14.5. The summed E-state index contributed by atoms with van der Waals surface area (Å²) in [7, 11) is -3.24. The molecule has 10 heteroatoms. The van der Waals surface area contributed by atoms with Crippen LogP contribution in [0.3, 0.4) is 0 Å². The Labute approximate surface area is 211 Å². The molecule has 0 aromatic heterocycles. The number of benzene rings is 2. The summed E-state index contributed by atoms with van der Waals surface area (Å²) in [5.41, 5.74) is 3.98. The van der Waals surface area contributed by atoms with Crippen LogP contribution < -0.4 is 4.90 Å². The van der Waals surface area contributed by atoms with Crippen molar-refractivity contribution in [1.29, 1.82) is 0 Å². The fourth-order valence-electron chi connectivity index (χ4n) is 4.35. The second kappa shape index (κ2) is 11.3. The standard InChI is InChI=1S/C26H31N3O6S/c1-36(33,34)28-11-9-21(10-12-28)23-3-2-4-24(17-23)29(26(32)27-13-15-35-16-14-27)18-20-5-7-22(8-6-20)25(31)19-30/h2-9,17,30H,10-16,18-19H2,1H3. The molecule has 0 bridgehead atoms. The van der Waals surface area contributed by atoms with Gasteiger partial charge in [-0.1, -0.05) is 42.5 Å². The van der Waals surface area contributed by atoms with E-state index in [9.17, 15) is 18.0 Å². The monoisotopic (exact) mass is 513 g/mol. The number of hydrogen-bond acceptors (Lipinski definition) is 6. The summed E-state index contributed by atoms with van der Waals surface area (Å²) in [6.07, 6.45) is 3.73. The Morgan fingerprint density at radius 3 is 2.39 bits per heavy atom. The number of rotatable bonds is 7. The van der Waals surface area contributed by atoms with Gasteiger partial charge in [0, 0.05) is 37.4 Å². The van der Waals surface area contributed by atoms with E-state index in [1.807, 2.05) is 30.3 Å².